The summed E-state index contributed by atoms with van der Waals surface area (Å²) in [5, 5.41) is 37.6. The lowest BCUT2D eigenvalue weighted by Gasteiger charge is -2.12. The van der Waals surface area contributed by atoms with Crippen LogP contribution in [-0.4, -0.2) is 75.8 Å². The molecule has 0 heterocycles. The van der Waals surface area contributed by atoms with Crippen LogP contribution in [0.1, 0.15) is 32.1 Å². The molecule has 0 aliphatic rings. The fourth-order valence-electron chi connectivity index (χ4n) is 1.68. The van der Waals surface area contributed by atoms with Crippen LogP contribution in [0.2, 0.25) is 0 Å². The largest absolute Gasteiger partial charge is 0.356 e. The summed E-state index contributed by atoms with van der Waals surface area (Å²) in [5.74, 6) is -0.824. The van der Waals surface area contributed by atoms with E-state index in [-0.39, 0.29) is 36.3 Å². The second kappa shape index (κ2) is 14.9. The van der Waals surface area contributed by atoms with Gasteiger partial charge in [0.05, 0.1) is 36.5 Å². The van der Waals surface area contributed by atoms with E-state index in [9.17, 15) is 9.59 Å². The summed E-state index contributed by atoms with van der Waals surface area (Å²) in [5.41, 5.74) is 5.63. The summed E-state index contributed by atoms with van der Waals surface area (Å²) in [7, 11) is 0. The highest BCUT2D eigenvalue weighted by Crippen LogP contribution is 1.94. The number of carbonyl (C=O) groups excluding carboxylic acids is 2. The molecule has 0 rings (SSSR count). The van der Waals surface area contributed by atoms with Crippen molar-refractivity contribution < 1.29 is 40.1 Å². The molecule has 1 atom stereocenters. The third-order valence-electron chi connectivity index (χ3n) is 2.92. The van der Waals surface area contributed by atoms with Gasteiger partial charge in [0, 0.05) is 13.1 Å². The van der Waals surface area contributed by atoms with Gasteiger partial charge in [0.2, 0.25) is 11.8 Å². The first-order valence-electron chi connectivity index (χ1n) is 7.74. The Morgan fingerprint density at radius 2 is 1.36 bits per heavy atom. The Balaban J connectivity index is 3.62. The zero-order valence-corrected chi connectivity index (χ0v) is 13.8. The molecule has 1 unspecified atom stereocenters. The molecule has 2 amide bonds. The van der Waals surface area contributed by atoms with E-state index >= 15 is 0 Å². The Kier molecular flexibility index (Phi) is 14.0. The maximum absolute atomic E-state index is 11.7. The minimum Gasteiger partial charge on any atom is -0.356 e. The van der Waals surface area contributed by atoms with Crippen molar-refractivity contribution in [2.24, 2.45) is 5.73 Å². The molecule has 0 fully saturated rings. The van der Waals surface area contributed by atoms with Gasteiger partial charge in [-0.1, -0.05) is 0 Å². The van der Waals surface area contributed by atoms with Crippen molar-refractivity contribution in [1.29, 1.82) is 0 Å². The Bertz CT molecular complexity index is 371. The number of hydrogen-bond donors (Lipinski definition) is 7. The quantitative estimate of drug-likeness (QED) is 0.132. The maximum Gasteiger partial charge on any atom is 0.237 e. The van der Waals surface area contributed by atoms with Gasteiger partial charge in [-0.05, 0) is 25.7 Å². The molecule has 0 radical (unpaired) electrons. The lowest BCUT2D eigenvalue weighted by atomic mass is 10.2. The van der Waals surface area contributed by atoms with E-state index in [1.165, 1.54) is 0 Å². The second-order valence-corrected chi connectivity index (χ2v) is 5.04. The SMILES string of the molecule is NC(CC(=O)NCCCCON(O)O)C(=O)NCCCCON(O)O. The van der Waals surface area contributed by atoms with Crippen LogP contribution in [0.3, 0.4) is 0 Å². The van der Waals surface area contributed by atoms with Gasteiger partial charge in [0.15, 0.2) is 0 Å². The minimum atomic E-state index is -0.970. The predicted octanol–water partition coefficient (Wildman–Crippen LogP) is -1.48. The molecule has 0 aliphatic carbocycles. The molecule has 13 heteroatoms. The molecule has 0 aromatic rings. The van der Waals surface area contributed by atoms with Gasteiger partial charge >= 0.3 is 0 Å². The number of nitrogens with two attached hydrogens (primary N) is 1. The van der Waals surface area contributed by atoms with Gasteiger partial charge in [-0.2, -0.15) is 0 Å². The van der Waals surface area contributed by atoms with Crippen molar-refractivity contribution >= 4 is 11.8 Å². The average molecular weight is 369 g/mol. The van der Waals surface area contributed by atoms with E-state index in [4.69, 9.17) is 26.6 Å². The Morgan fingerprint density at radius 1 is 0.880 bits per heavy atom. The highest BCUT2D eigenvalue weighted by atomic mass is 17.1. The summed E-state index contributed by atoms with van der Waals surface area (Å²) in [6.07, 6.45) is 1.93. The van der Waals surface area contributed by atoms with Crippen molar-refractivity contribution in [1.82, 2.24) is 21.4 Å². The fraction of sp³-hybridized carbons (Fsp3) is 0.833. The normalized spacial score (nSPS) is 12.4. The molecule has 0 saturated heterocycles. The molecule has 0 aliphatic heterocycles. The first kappa shape index (κ1) is 23.6. The molecule has 25 heavy (non-hydrogen) atoms. The van der Waals surface area contributed by atoms with Crippen LogP contribution in [0.4, 0.5) is 0 Å². The molecule has 0 aromatic carbocycles. The fourth-order valence-corrected chi connectivity index (χ4v) is 1.68. The van der Waals surface area contributed by atoms with Gasteiger partial charge < -0.3 is 16.4 Å². The number of hydrogen-bond acceptors (Lipinski definition) is 11. The second-order valence-electron chi connectivity index (χ2n) is 5.04. The van der Waals surface area contributed by atoms with Gasteiger partial charge in [0.1, 0.15) is 0 Å². The highest BCUT2D eigenvalue weighted by Gasteiger charge is 2.16. The standard InChI is InChI=1S/C12H27N5O8/c13-10(12(19)15-6-2-4-8-25-17(22)23)9-11(18)14-5-1-3-7-24-16(20)21/h10,20-23H,1-9,13H2,(H,14,18)(H,15,19). The summed E-state index contributed by atoms with van der Waals surface area (Å²) in [4.78, 5) is 32.0. The van der Waals surface area contributed by atoms with E-state index in [0.717, 1.165) is 0 Å². The van der Waals surface area contributed by atoms with E-state index in [1.807, 2.05) is 0 Å². The summed E-state index contributed by atoms with van der Waals surface area (Å²) in [6.45, 7) is 0.836. The Hall–Kier alpha value is -1.42. The molecule has 13 nitrogen and oxygen atoms in total. The molecular formula is C12H27N5O8. The molecular weight excluding hydrogens is 342 g/mol. The van der Waals surface area contributed by atoms with Gasteiger partial charge in [-0.15, -0.1) is 0 Å². The Morgan fingerprint density at radius 3 is 1.84 bits per heavy atom. The van der Waals surface area contributed by atoms with Crippen molar-refractivity contribution in [2.45, 2.75) is 38.1 Å². The third kappa shape index (κ3) is 15.8. The molecule has 148 valence electrons. The van der Waals surface area contributed by atoms with Crippen molar-refractivity contribution in [3.8, 4) is 0 Å². The number of nitrogens with zero attached hydrogens (tertiary/aromatic N) is 2. The van der Waals surface area contributed by atoms with Crippen LogP contribution in [0, 0.1) is 0 Å². The summed E-state index contributed by atoms with van der Waals surface area (Å²) >= 11 is 0. The van der Waals surface area contributed by atoms with Gasteiger partial charge in [-0.3, -0.25) is 40.1 Å². The lowest BCUT2D eigenvalue weighted by Crippen LogP contribution is -2.44. The van der Waals surface area contributed by atoms with E-state index in [2.05, 4.69) is 20.3 Å². The topological polar surface area (TPSA) is 190 Å². The first-order valence-corrected chi connectivity index (χ1v) is 7.74. The monoisotopic (exact) mass is 369 g/mol. The van der Waals surface area contributed by atoms with Crippen molar-refractivity contribution in [3.63, 3.8) is 0 Å². The van der Waals surface area contributed by atoms with E-state index in [1.54, 1.807) is 0 Å². The number of nitrogens with one attached hydrogen (secondary N) is 2. The van der Waals surface area contributed by atoms with E-state index in [0.29, 0.717) is 38.8 Å². The van der Waals surface area contributed by atoms with Crippen LogP contribution >= 0.6 is 0 Å². The molecule has 8 N–H and O–H groups in total. The zero-order chi connectivity index (χ0) is 19.1. The average Bonchev–Trinajstić information content (AvgIpc) is 2.53. The van der Waals surface area contributed by atoms with Crippen LogP contribution in [0.25, 0.3) is 0 Å². The number of unbranched alkanes of at least 4 members (excludes halogenated alkanes) is 2. The molecule has 0 bridgehead atoms. The predicted molar refractivity (Wildman–Crippen MR) is 79.8 cm³/mol. The van der Waals surface area contributed by atoms with Crippen LogP contribution in [0.5, 0.6) is 0 Å². The van der Waals surface area contributed by atoms with Crippen LogP contribution in [-0.2, 0) is 19.3 Å². The summed E-state index contributed by atoms with van der Waals surface area (Å²) in [6, 6.07) is -0.970. The van der Waals surface area contributed by atoms with Crippen molar-refractivity contribution in [3.05, 3.63) is 0 Å². The van der Waals surface area contributed by atoms with Crippen LogP contribution < -0.4 is 16.4 Å². The van der Waals surface area contributed by atoms with Crippen molar-refractivity contribution in [2.75, 3.05) is 26.3 Å². The highest BCUT2D eigenvalue weighted by molar-refractivity contribution is 5.88. The van der Waals surface area contributed by atoms with Gasteiger partial charge in [0.25, 0.3) is 0 Å². The van der Waals surface area contributed by atoms with Gasteiger partial charge in [-0.25, -0.2) is 0 Å². The number of amides is 2. The van der Waals surface area contributed by atoms with Crippen LogP contribution in [0.15, 0.2) is 0 Å². The number of rotatable bonds is 15. The molecule has 0 aromatic heterocycles. The maximum atomic E-state index is 11.7. The first-order chi connectivity index (χ1) is 11.8. The summed E-state index contributed by atoms with van der Waals surface area (Å²) < 4.78 is 0. The van der Waals surface area contributed by atoms with E-state index < -0.39 is 11.9 Å². The minimum absolute atomic E-state index is 0.0804. The lowest BCUT2D eigenvalue weighted by molar-refractivity contribution is -0.492. The Labute approximate surface area is 144 Å². The number of carbonyl (C=O) groups is 2. The third-order valence-corrected chi connectivity index (χ3v) is 2.92. The molecule has 0 spiro atoms. The smallest absolute Gasteiger partial charge is 0.237 e. The zero-order valence-electron chi connectivity index (χ0n) is 13.8. The molecule has 0 saturated carbocycles.